The van der Waals surface area contributed by atoms with E-state index in [1.807, 2.05) is 18.2 Å². The van der Waals surface area contributed by atoms with Gasteiger partial charge in [0.05, 0.1) is 24.1 Å². The molecule has 0 radical (unpaired) electrons. The lowest BCUT2D eigenvalue weighted by Crippen LogP contribution is -2.36. The number of rotatable bonds is 7. The van der Waals surface area contributed by atoms with E-state index in [1.165, 1.54) is 10.7 Å². The van der Waals surface area contributed by atoms with Crippen molar-refractivity contribution in [1.82, 2.24) is 9.29 Å². The highest BCUT2D eigenvalue weighted by Crippen LogP contribution is 2.26. The molecule has 1 aromatic rings. The molecule has 0 atom stereocenters. The normalized spacial score (nSPS) is 16.5. The highest BCUT2D eigenvalue weighted by molar-refractivity contribution is 7.89. The first-order valence-electron chi connectivity index (χ1n) is 7.86. The van der Waals surface area contributed by atoms with Gasteiger partial charge in [0, 0.05) is 19.2 Å². The van der Waals surface area contributed by atoms with Crippen LogP contribution >= 0.6 is 0 Å². The number of nitrogens with zero attached hydrogens (tertiary/aromatic N) is 3. The van der Waals surface area contributed by atoms with E-state index in [2.05, 4.69) is 4.98 Å². The molecule has 0 aliphatic heterocycles. The largest absolute Gasteiger partial charge is 0.260 e. The van der Waals surface area contributed by atoms with Crippen molar-refractivity contribution in [3.63, 3.8) is 0 Å². The summed E-state index contributed by atoms with van der Waals surface area (Å²) in [4.78, 5) is 4.20. The molecule has 5 nitrogen and oxygen atoms in total. The Bertz CT molecular complexity index is 590. The Hall–Kier alpha value is -1.45. The minimum Gasteiger partial charge on any atom is -0.260 e. The first-order chi connectivity index (χ1) is 10.6. The van der Waals surface area contributed by atoms with Crippen LogP contribution in [0, 0.1) is 17.2 Å². The van der Waals surface area contributed by atoms with Crippen LogP contribution in [-0.4, -0.2) is 30.0 Å². The molecule has 0 aromatic carbocycles. The van der Waals surface area contributed by atoms with Gasteiger partial charge >= 0.3 is 0 Å². The average molecular weight is 321 g/mol. The number of nitriles is 1. The van der Waals surface area contributed by atoms with Gasteiger partial charge in [-0.15, -0.1) is 0 Å². The van der Waals surface area contributed by atoms with Crippen molar-refractivity contribution in [2.75, 3.05) is 12.3 Å². The highest BCUT2D eigenvalue weighted by Gasteiger charge is 2.27. The van der Waals surface area contributed by atoms with Crippen molar-refractivity contribution in [1.29, 1.82) is 5.26 Å². The van der Waals surface area contributed by atoms with Crippen molar-refractivity contribution in [3.05, 3.63) is 30.1 Å². The van der Waals surface area contributed by atoms with Crippen LogP contribution in [0.2, 0.25) is 0 Å². The van der Waals surface area contributed by atoms with Crippen molar-refractivity contribution < 1.29 is 8.42 Å². The van der Waals surface area contributed by atoms with Gasteiger partial charge in [-0.05, 0) is 30.9 Å². The van der Waals surface area contributed by atoms with Gasteiger partial charge in [0.2, 0.25) is 10.0 Å². The second-order valence-electron chi connectivity index (χ2n) is 5.85. The molecule has 0 unspecified atom stereocenters. The third-order valence-electron chi connectivity index (χ3n) is 4.10. The van der Waals surface area contributed by atoms with Gasteiger partial charge in [0.1, 0.15) is 0 Å². The Balaban J connectivity index is 2.07. The summed E-state index contributed by atoms with van der Waals surface area (Å²) in [7, 11) is -3.35. The predicted molar refractivity (Wildman–Crippen MR) is 85.2 cm³/mol. The summed E-state index contributed by atoms with van der Waals surface area (Å²) in [6, 6.07) is 7.50. The number of aromatic nitrogens is 1. The molecule has 1 aliphatic carbocycles. The minimum atomic E-state index is -3.35. The Morgan fingerprint density at radius 2 is 2.05 bits per heavy atom. The summed E-state index contributed by atoms with van der Waals surface area (Å²) >= 11 is 0. The molecule has 1 saturated carbocycles. The van der Waals surface area contributed by atoms with Gasteiger partial charge in [-0.2, -0.15) is 9.57 Å². The number of pyridine rings is 1. The van der Waals surface area contributed by atoms with Gasteiger partial charge in [0.15, 0.2) is 0 Å². The van der Waals surface area contributed by atoms with Crippen LogP contribution in [0.5, 0.6) is 0 Å². The summed E-state index contributed by atoms with van der Waals surface area (Å²) in [5.74, 6) is 0.456. The molecule has 6 heteroatoms. The number of hydrogen-bond acceptors (Lipinski definition) is 4. The fourth-order valence-electron chi connectivity index (χ4n) is 2.92. The van der Waals surface area contributed by atoms with Crippen molar-refractivity contribution in [3.8, 4) is 6.07 Å². The SMILES string of the molecule is N#CCCN(Cc1ccccn1)S(=O)(=O)CC1CCCCC1. The Morgan fingerprint density at radius 1 is 1.27 bits per heavy atom. The van der Waals surface area contributed by atoms with E-state index < -0.39 is 10.0 Å². The van der Waals surface area contributed by atoms with Crippen LogP contribution < -0.4 is 0 Å². The van der Waals surface area contributed by atoms with E-state index >= 15 is 0 Å². The molecule has 0 amide bonds. The maximum atomic E-state index is 12.7. The van der Waals surface area contributed by atoms with Crippen LogP contribution in [0.1, 0.15) is 44.2 Å². The van der Waals surface area contributed by atoms with Crippen LogP contribution in [-0.2, 0) is 16.6 Å². The van der Waals surface area contributed by atoms with E-state index in [9.17, 15) is 8.42 Å². The standard InChI is InChI=1S/C16H23N3O2S/c17-10-6-12-19(13-16-9-4-5-11-18-16)22(20,21)14-15-7-2-1-3-8-15/h4-5,9,11,15H,1-3,6-8,12-14H2. The first-order valence-corrected chi connectivity index (χ1v) is 9.47. The van der Waals surface area contributed by atoms with Crippen LogP contribution in [0.15, 0.2) is 24.4 Å². The zero-order valence-corrected chi connectivity index (χ0v) is 13.6. The molecule has 1 aliphatic rings. The van der Waals surface area contributed by atoms with Gasteiger partial charge in [-0.3, -0.25) is 4.98 Å². The smallest absolute Gasteiger partial charge is 0.214 e. The van der Waals surface area contributed by atoms with Gasteiger partial charge in [0.25, 0.3) is 0 Å². The molecule has 0 spiro atoms. The van der Waals surface area contributed by atoms with E-state index in [4.69, 9.17) is 5.26 Å². The zero-order chi connectivity index (χ0) is 15.8. The topological polar surface area (TPSA) is 74.1 Å². The second kappa shape index (κ2) is 8.25. The Labute approximate surface area is 133 Å². The molecule has 1 aromatic heterocycles. The first kappa shape index (κ1) is 16.9. The monoisotopic (exact) mass is 321 g/mol. The quantitative estimate of drug-likeness (QED) is 0.774. The summed E-state index contributed by atoms with van der Waals surface area (Å²) < 4.78 is 26.8. The third kappa shape index (κ3) is 5.08. The van der Waals surface area contributed by atoms with E-state index in [1.54, 1.807) is 12.3 Å². The van der Waals surface area contributed by atoms with E-state index in [0.29, 0.717) is 5.69 Å². The maximum absolute atomic E-state index is 12.7. The zero-order valence-electron chi connectivity index (χ0n) is 12.8. The lowest BCUT2D eigenvalue weighted by Gasteiger charge is -2.26. The Morgan fingerprint density at radius 3 is 2.68 bits per heavy atom. The fraction of sp³-hybridized carbons (Fsp3) is 0.625. The molecular weight excluding hydrogens is 298 g/mol. The Kier molecular flexibility index (Phi) is 6.34. The highest BCUT2D eigenvalue weighted by atomic mass is 32.2. The summed E-state index contributed by atoms with van der Waals surface area (Å²) in [5, 5.41) is 8.78. The number of sulfonamides is 1. The summed E-state index contributed by atoms with van der Waals surface area (Å²) in [5.41, 5.74) is 0.715. The second-order valence-corrected chi connectivity index (χ2v) is 7.86. The van der Waals surface area contributed by atoms with Crippen LogP contribution in [0.3, 0.4) is 0 Å². The van der Waals surface area contributed by atoms with E-state index in [0.717, 1.165) is 25.7 Å². The third-order valence-corrected chi connectivity index (χ3v) is 6.09. The lowest BCUT2D eigenvalue weighted by atomic mass is 9.91. The molecule has 120 valence electrons. The number of hydrogen-bond donors (Lipinski definition) is 0. The molecule has 22 heavy (non-hydrogen) atoms. The van der Waals surface area contributed by atoms with E-state index in [-0.39, 0.29) is 31.2 Å². The van der Waals surface area contributed by atoms with Crippen molar-refractivity contribution >= 4 is 10.0 Å². The van der Waals surface area contributed by atoms with Gasteiger partial charge in [-0.1, -0.05) is 25.3 Å². The molecule has 1 heterocycles. The van der Waals surface area contributed by atoms with Gasteiger partial charge < -0.3 is 0 Å². The molecule has 2 rings (SSSR count). The molecule has 0 N–H and O–H groups in total. The molecule has 0 saturated heterocycles. The fourth-order valence-corrected chi connectivity index (χ4v) is 4.76. The van der Waals surface area contributed by atoms with Gasteiger partial charge in [-0.25, -0.2) is 8.42 Å². The van der Waals surface area contributed by atoms with Crippen molar-refractivity contribution in [2.24, 2.45) is 5.92 Å². The summed E-state index contributed by atoms with van der Waals surface area (Å²) in [6.45, 7) is 0.486. The minimum absolute atomic E-state index is 0.200. The molecule has 1 fully saturated rings. The van der Waals surface area contributed by atoms with Crippen LogP contribution in [0.4, 0.5) is 0 Å². The average Bonchev–Trinajstić information content (AvgIpc) is 2.53. The lowest BCUT2D eigenvalue weighted by molar-refractivity contribution is 0.363. The molecule has 0 bridgehead atoms. The molecular formula is C16H23N3O2S. The maximum Gasteiger partial charge on any atom is 0.214 e. The predicted octanol–water partition coefficient (Wildman–Crippen LogP) is 2.71. The van der Waals surface area contributed by atoms with Crippen LogP contribution in [0.25, 0.3) is 0 Å². The summed E-state index contributed by atoms with van der Waals surface area (Å²) in [6.07, 6.45) is 7.31. The van der Waals surface area contributed by atoms with Crippen molar-refractivity contribution in [2.45, 2.75) is 45.1 Å².